The van der Waals surface area contributed by atoms with Crippen molar-refractivity contribution in [1.82, 2.24) is 15.1 Å². The van der Waals surface area contributed by atoms with Crippen molar-refractivity contribution in [2.24, 2.45) is 10.7 Å². The number of nitrogens with two attached hydrogens (primary N) is 1. The van der Waals surface area contributed by atoms with Crippen LogP contribution in [0.1, 0.15) is 37.1 Å². The number of hydrogen-bond acceptors (Lipinski definition) is 4. The number of nitrogens with one attached hydrogen (secondary N) is 1. The van der Waals surface area contributed by atoms with E-state index in [1.807, 2.05) is 20.8 Å². The van der Waals surface area contributed by atoms with Gasteiger partial charge in [0.05, 0.1) is 6.54 Å². The molecule has 0 fully saturated rings. The largest absolute Gasteiger partial charge is 0.454 e. The average Bonchev–Trinajstić information content (AvgIpc) is 3.01. The Hall–Kier alpha value is -1.78. The predicted molar refractivity (Wildman–Crippen MR) is 108 cm³/mol. The van der Waals surface area contributed by atoms with E-state index in [9.17, 15) is 9.59 Å². The van der Waals surface area contributed by atoms with Gasteiger partial charge in [-0.1, -0.05) is 0 Å². The van der Waals surface area contributed by atoms with Gasteiger partial charge in [-0.05, 0) is 32.9 Å². The Morgan fingerprint density at radius 2 is 1.88 bits per heavy atom. The molecule has 0 aromatic carbocycles. The summed E-state index contributed by atoms with van der Waals surface area (Å²) in [6, 6.07) is 3.18. The van der Waals surface area contributed by atoms with E-state index < -0.39 is 5.91 Å². The van der Waals surface area contributed by atoms with E-state index in [-0.39, 0.29) is 48.7 Å². The summed E-state index contributed by atoms with van der Waals surface area (Å²) in [5.41, 5.74) is 5.16. The van der Waals surface area contributed by atoms with Gasteiger partial charge in [0.2, 0.25) is 5.91 Å². The maximum atomic E-state index is 12.2. The van der Waals surface area contributed by atoms with Gasteiger partial charge in [-0.15, -0.1) is 24.0 Å². The van der Waals surface area contributed by atoms with Gasteiger partial charge in [0.1, 0.15) is 12.3 Å². The molecule has 0 unspecified atom stereocenters. The summed E-state index contributed by atoms with van der Waals surface area (Å²) in [6.45, 7) is 8.37. The van der Waals surface area contributed by atoms with Gasteiger partial charge < -0.3 is 25.3 Å². The van der Waals surface area contributed by atoms with Crippen LogP contribution < -0.4 is 11.1 Å². The molecule has 0 atom stereocenters. The number of furan rings is 1. The van der Waals surface area contributed by atoms with Crippen LogP contribution in [0, 0.1) is 0 Å². The first-order valence-corrected chi connectivity index (χ1v) is 8.08. The summed E-state index contributed by atoms with van der Waals surface area (Å²) >= 11 is 0. The highest BCUT2D eigenvalue weighted by Gasteiger charge is 2.15. The standard InChI is InChI=1S/C16H27N5O3.HI/c1-5-18-16(20(4)11-14(22)21(6-2)7-3)19-10-12-8-9-13(24-12)15(17)23;/h8-9H,5-7,10-11H2,1-4H3,(H2,17,23)(H,18,19);1H. The van der Waals surface area contributed by atoms with E-state index in [0.29, 0.717) is 31.4 Å². The van der Waals surface area contributed by atoms with Crippen molar-refractivity contribution in [2.75, 3.05) is 33.2 Å². The van der Waals surface area contributed by atoms with Gasteiger partial charge in [0.15, 0.2) is 11.7 Å². The second kappa shape index (κ2) is 11.7. The smallest absolute Gasteiger partial charge is 0.284 e. The molecule has 1 aromatic heterocycles. The number of amides is 2. The molecule has 0 bridgehead atoms. The van der Waals surface area contributed by atoms with E-state index in [2.05, 4.69) is 10.3 Å². The van der Waals surface area contributed by atoms with Crippen molar-refractivity contribution in [2.45, 2.75) is 27.3 Å². The van der Waals surface area contributed by atoms with E-state index in [1.165, 1.54) is 6.07 Å². The molecule has 0 spiro atoms. The summed E-state index contributed by atoms with van der Waals surface area (Å²) in [4.78, 5) is 31.2. The zero-order chi connectivity index (χ0) is 18.1. The van der Waals surface area contributed by atoms with Crippen molar-refractivity contribution in [3.63, 3.8) is 0 Å². The van der Waals surface area contributed by atoms with Crippen LogP contribution in [0.5, 0.6) is 0 Å². The molecule has 1 rings (SSSR count). The van der Waals surface area contributed by atoms with E-state index >= 15 is 0 Å². The van der Waals surface area contributed by atoms with Crippen LogP contribution in [0.3, 0.4) is 0 Å². The topological polar surface area (TPSA) is 104 Å². The quantitative estimate of drug-likeness (QED) is 0.342. The molecule has 0 aliphatic carbocycles. The maximum absolute atomic E-state index is 12.2. The molecule has 1 heterocycles. The highest BCUT2D eigenvalue weighted by atomic mass is 127. The van der Waals surface area contributed by atoms with Crippen LogP contribution in [-0.4, -0.2) is 60.8 Å². The summed E-state index contributed by atoms with van der Waals surface area (Å²) in [6.07, 6.45) is 0. The monoisotopic (exact) mass is 465 g/mol. The highest BCUT2D eigenvalue weighted by Crippen LogP contribution is 2.08. The van der Waals surface area contributed by atoms with Gasteiger partial charge in [-0.25, -0.2) is 4.99 Å². The Balaban J connectivity index is 0.00000576. The number of carbonyl (C=O) groups is 2. The Morgan fingerprint density at radius 1 is 1.24 bits per heavy atom. The van der Waals surface area contributed by atoms with Gasteiger partial charge in [0.25, 0.3) is 5.91 Å². The number of halogens is 1. The zero-order valence-electron chi connectivity index (χ0n) is 15.2. The molecular weight excluding hydrogens is 437 g/mol. The summed E-state index contributed by atoms with van der Waals surface area (Å²) in [5.74, 6) is 0.661. The fourth-order valence-electron chi connectivity index (χ4n) is 2.17. The van der Waals surface area contributed by atoms with Gasteiger partial charge >= 0.3 is 0 Å². The fourth-order valence-corrected chi connectivity index (χ4v) is 2.17. The molecule has 0 radical (unpaired) electrons. The molecule has 1 aromatic rings. The number of rotatable bonds is 8. The minimum absolute atomic E-state index is 0. The van der Waals surface area contributed by atoms with Crippen LogP contribution in [0.25, 0.3) is 0 Å². The number of aliphatic imine (C=N–C) groups is 1. The Kier molecular flexibility index (Phi) is 10.9. The third kappa shape index (κ3) is 7.32. The second-order valence-corrected chi connectivity index (χ2v) is 5.22. The number of hydrogen-bond donors (Lipinski definition) is 2. The highest BCUT2D eigenvalue weighted by molar-refractivity contribution is 14.0. The maximum Gasteiger partial charge on any atom is 0.284 e. The number of carbonyl (C=O) groups excluding carboxylic acids is 2. The third-order valence-electron chi connectivity index (χ3n) is 3.47. The van der Waals surface area contributed by atoms with Gasteiger partial charge in [-0.2, -0.15) is 0 Å². The molecular formula is C16H28IN5O3. The van der Waals surface area contributed by atoms with Gasteiger partial charge in [-0.3, -0.25) is 9.59 Å². The minimum atomic E-state index is -0.612. The lowest BCUT2D eigenvalue weighted by atomic mass is 10.4. The molecule has 142 valence electrons. The van der Waals surface area contributed by atoms with Crippen molar-refractivity contribution in [3.05, 3.63) is 23.7 Å². The Bertz CT molecular complexity index is 584. The molecule has 25 heavy (non-hydrogen) atoms. The molecule has 0 aliphatic heterocycles. The predicted octanol–water partition coefficient (Wildman–Crippen LogP) is 1.26. The number of primary amides is 1. The Labute approximate surface area is 165 Å². The van der Waals surface area contributed by atoms with Crippen LogP contribution in [0.15, 0.2) is 21.5 Å². The van der Waals surface area contributed by atoms with Crippen molar-refractivity contribution in [1.29, 1.82) is 0 Å². The molecule has 0 saturated heterocycles. The lowest BCUT2D eigenvalue weighted by Crippen LogP contribution is -2.45. The number of nitrogens with zero attached hydrogens (tertiary/aromatic N) is 3. The molecule has 8 nitrogen and oxygen atoms in total. The van der Waals surface area contributed by atoms with Crippen molar-refractivity contribution >= 4 is 41.8 Å². The third-order valence-corrected chi connectivity index (χ3v) is 3.47. The van der Waals surface area contributed by atoms with E-state index in [1.54, 1.807) is 22.9 Å². The lowest BCUT2D eigenvalue weighted by molar-refractivity contribution is -0.131. The van der Waals surface area contributed by atoms with E-state index in [4.69, 9.17) is 10.2 Å². The number of likely N-dealkylation sites (N-methyl/N-ethyl adjacent to an activating group) is 2. The van der Waals surface area contributed by atoms with Crippen molar-refractivity contribution in [3.8, 4) is 0 Å². The van der Waals surface area contributed by atoms with Crippen LogP contribution in [-0.2, 0) is 11.3 Å². The normalized spacial score (nSPS) is 10.8. The molecule has 3 N–H and O–H groups in total. The first kappa shape index (κ1) is 23.2. The van der Waals surface area contributed by atoms with Crippen LogP contribution >= 0.6 is 24.0 Å². The number of guanidine groups is 1. The lowest BCUT2D eigenvalue weighted by Gasteiger charge is -2.25. The summed E-state index contributed by atoms with van der Waals surface area (Å²) < 4.78 is 5.30. The van der Waals surface area contributed by atoms with Crippen molar-refractivity contribution < 1.29 is 14.0 Å². The molecule has 0 saturated carbocycles. The fraction of sp³-hybridized carbons (Fsp3) is 0.562. The summed E-state index contributed by atoms with van der Waals surface area (Å²) in [5, 5.41) is 3.13. The first-order valence-electron chi connectivity index (χ1n) is 8.08. The minimum Gasteiger partial charge on any atom is -0.454 e. The van der Waals surface area contributed by atoms with Crippen LogP contribution in [0.4, 0.5) is 0 Å². The molecule has 2 amide bonds. The van der Waals surface area contributed by atoms with Gasteiger partial charge in [0, 0.05) is 26.7 Å². The summed E-state index contributed by atoms with van der Waals surface area (Å²) in [7, 11) is 1.81. The first-order chi connectivity index (χ1) is 11.4. The molecule has 9 heteroatoms. The zero-order valence-corrected chi connectivity index (χ0v) is 17.6. The second-order valence-electron chi connectivity index (χ2n) is 5.22. The Morgan fingerprint density at radius 3 is 2.36 bits per heavy atom. The van der Waals surface area contributed by atoms with E-state index in [0.717, 1.165) is 0 Å². The van der Waals surface area contributed by atoms with Crippen LogP contribution in [0.2, 0.25) is 0 Å². The molecule has 0 aliphatic rings. The average molecular weight is 465 g/mol. The SMILES string of the molecule is CCNC(=NCc1ccc(C(N)=O)o1)N(C)CC(=O)N(CC)CC.I.